The summed E-state index contributed by atoms with van der Waals surface area (Å²) in [5, 5.41) is 1.10. The van der Waals surface area contributed by atoms with E-state index in [1.807, 2.05) is 11.8 Å². The average Bonchev–Trinajstić information content (AvgIpc) is 2.19. The summed E-state index contributed by atoms with van der Waals surface area (Å²) in [6, 6.07) is 8.48. The number of thioether (sulfide) groups is 1. The maximum Gasteiger partial charge on any atom is 0.0186 e. The van der Waals surface area contributed by atoms with E-state index in [1.54, 1.807) is 0 Å². The largest absolute Gasteiger partial charge is 0.126 e. The first kappa shape index (κ1) is 12.6. The van der Waals surface area contributed by atoms with Crippen LogP contribution in [0.25, 0.3) is 0 Å². The van der Waals surface area contributed by atoms with Gasteiger partial charge >= 0.3 is 0 Å². The summed E-state index contributed by atoms with van der Waals surface area (Å²) in [7, 11) is 0. The smallest absolute Gasteiger partial charge is 0.0186 e. The van der Waals surface area contributed by atoms with Crippen molar-refractivity contribution in [2.45, 2.75) is 18.2 Å². The van der Waals surface area contributed by atoms with E-state index in [0.29, 0.717) is 0 Å². The molecular formula is C11H14Br2S. The third-order valence-corrected chi connectivity index (χ3v) is 4.71. The van der Waals surface area contributed by atoms with Crippen LogP contribution in [-0.2, 0) is 0 Å². The fourth-order valence-corrected chi connectivity index (χ4v) is 3.75. The van der Waals surface area contributed by atoms with Gasteiger partial charge in [0.15, 0.2) is 0 Å². The highest BCUT2D eigenvalue weighted by molar-refractivity contribution is 9.10. The second-order valence-corrected chi connectivity index (χ2v) is 5.85. The fourth-order valence-electron chi connectivity index (χ4n) is 1.04. The van der Waals surface area contributed by atoms with Crippen molar-refractivity contribution in [1.29, 1.82) is 0 Å². The fraction of sp³-hybridized carbons (Fsp3) is 0.455. The van der Waals surface area contributed by atoms with Gasteiger partial charge in [0.1, 0.15) is 0 Å². The monoisotopic (exact) mass is 336 g/mol. The van der Waals surface area contributed by atoms with Crippen molar-refractivity contribution in [3.05, 3.63) is 28.7 Å². The van der Waals surface area contributed by atoms with Gasteiger partial charge in [0.25, 0.3) is 0 Å². The maximum absolute atomic E-state index is 3.54. The summed E-state index contributed by atoms with van der Waals surface area (Å²) in [6.45, 7) is 2.24. The van der Waals surface area contributed by atoms with Crippen LogP contribution in [0.15, 0.2) is 33.6 Å². The van der Waals surface area contributed by atoms with Crippen LogP contribution in [0.2, 0.25) is 0 Å². The third kappa shape index (κ3) is 4.37. The molecule has 1 atom stereocenters. The van der Waals surface area contributed by atoms with Gasteiger partial charge in [-0.3, -0.25) is 0 Å². The van der Waals surface area contributed by atoms with Crippen LogP contribution in [0.3, 0.4) is 0 Å². The summed E-state index contributed by atoms with van der Waals surface area (Å²) in [4.78, 5) is 1.35. The SMILES string of the molecule is CCC(CBr)CSc1cccc(Br)c1. The first-order valence-corrected chi connectivity index (χ1v) is 7.60. The number of halogens is 2. The zero-order valence-corrected chi connectivity index (χ0v) is 12.2. The molecule has 0 spiro atoms. The van der Waals surface area contributed by atoms with Crippen LogP contribution in [0.1, 0.15) is 13.3 Å². The molecule has 1 aromatic rings. The Morgan fingerprint density at radius 3 is 2.79 bits per heavy atom. The van der Waals surface area contributed by atoms with Crippen molar-refractivity contribution in [2.75, 3.05) is 11.1 Å². The van der Waals surface area contributed by atoms with Crippen LogP contribution in [-0.4, -0.2) is 11.1 Å². The second-order valence-electron chi connectivity index (χ2n) is 3.20. The van der Waals surface area contributed by atoms with Gasteiger partial charge in [0.05, 0.1) is 0 Å². The number of alkyl halides is 1. The molecule has 14 heavy (non-hydrogen) atoms. The van der Waals surface area contributed by atoms with Crippen molar-refractivity contribution in [3.63, 3.8) is 0 Å². The predicted octanol–water partition coefficient (Wildman–Crippen LogP) is 4.96. The van der Waals surface area contributed by atoms with E-state index in [9.17, 15) is 0 Å². The molecule has 0 aliphatic carbocycles. The molecule has 1 aromatic carbocycles. The van der Waals surface area contributed by atoms with E-state index >= 15 is 0 Å². The molecule has 0 nitrogen and oxygen atoms in total. The summed E-state index contributed by atoms with van der Waals surface area (Å²) in [6.07, 6.45) is 1.24. The van der Waals surface area contributed by atoms with Crippen molar-refractivity contribution >= 4 is 43.6 Å². The van der Waals surface area contributed by atoms with Crippen LogP contribution >= 0.6 is 43.6 Å². The lowest BCUT2D eigenvalue weighted by Crippen LogP contribution is -2.02. The van der Waals surface area contributed by atoms with Gasteiger partial charge in [-0.25, -0.2) is 0 Å². The summed E-state index contributed by atoms with van der Waals surface area (Å²) < 4.78 is 1.16. The van der Waals surface area contributed by atoms with E-state index in [0.717, 1.165) is 15.7 Å². The number of hydrogen-bond donors (Lipinski definition) is 0. The van der Waals surface area contributed by atoms with Crippen molar-refractivity contribution < 1.29 is 0 Å². The van der Waals surface area contributed by atoms with Crippen LogP contribution in [0, 0.1) is 5.92 Å². The molecule has 0 radical (unpaired) electrons. The Bertz CT molecular complexity index is 272. The number of benzene rings is 1. The van der Waals surface area contributed by atoms with Gasteiger partial charge in [-0.1, -0.05) is 51.3 Å². The zero-order chi connectivity index (χ0) is 10.4. The van der Waals surface area contributed by atoms with Gasteiger partial charge in [0.2, 0.25) is 0 Å². The van der Waals surface area contributed by atoms with Crippen molar-refractivity contribution in [3.8, 4) is 0 Å². The molecule has 0 saturated heterocycles. The lowest BCUT2D eigenvalue weighted by molar-refractivity contribution is 0.652. The quantitative estimate of drug-likeness (QED) is 0.540. The van der Waals surface area contributed by atoms with Gasteiger partial charge in [-0.05, 0) is 24.1 Å². The molecule has 78 valence electrons. The predicted molar refractivity (Wildman–Crippen MR) is 72.4 cm³/mol. The minimum atomic E-state index is 0.777. The Hall–Kier alpha value is 0.530. The molecule has 0 aromatic heterocycles. The second kappa shape index (κ2) is 6.91. The van der Waals surface area contributed by atoms with Crippen LogP contribution in [0.4, 0.5) is 0 Å². The van der Waals surface area contributed by atoms with E-state index in [4.69, 9.17) is 0 Å². The van der Waals surface area contributed by atoms with Crippen molar-refractivity contribution in [1.82, 2.24) is 0 Å². The molecule has 0 fully saturated rings. The summed E-state index contributed by atoms with van der Waals surface area (Å²) in [5.41, 5.74) is 0. The highest BCUT2D eigenvalue weighted by Gasteiger charge is 2.04. The first-order chi connectivity index (χ1) is 6.76. The zero-order valence-electron chi connectivity index (χ0n) is 8.17. The minimum Gasteiger partial charge on any atom is -0.126 e. The highest BCUT2D eigenvalue weighted by atomic mass is 79.9. The third-order valence-electron chi connectivity index (χ3n) is 2.08. The molecule has 3 heteroatoms. The van der Waals surface area contributed by atoms with Gasteiger partial charge in [-0.15, -0.1) is 11.8 Å². The molecule has 0 heterocycles. The molecule has 0 N–H and O–H groups in total. The van der Waals surface area contributed by atoms with E-state index in [2.05, 4.69) is 63.0 Å². The Morgan fingerprint density at radius 2 is 2.21 bits per heavy atom. The molecule has 0 bridgehead atoms. The Labute approximate surface area is 107 Å². The van der Waals surface area contributed by atoms with Gasteiger partial charge < -0.3 is 0 Å². The molecular weight excluding hydrogens is 324 g/mol. The lowest BCUT2D eigenvalue weighted by atomic mass is 10.2. The van der Waals surface area contributed by atoms with Crippen LogP contribution < -0.4 is 0 Å². The Morgan fingerprint density at radius 1 is 1.43 bits per heavy atom. The molecule has 1 rings (SSSR count). The van der Waals surface area contributed by atoms with E-state index in [1.165, 1.54) is 17.1 Å². The molecule has 0 aliphatic rings. The van der Waals surface area contributed by atoms with E-state index in [-0.39, 0.29) is 0 Å². The molecule has 1 unspecified atom stereocenters. The van der Waals surface area contributed by atoms with Crippen LogP contribution in [0.5, 0.6) is 0 Å². The average molecular weight is 338 g/mol. The topological polar surface area (TPSA) is 0 Å². The summed E-state index contributed by atoms with van der Waals surface area (Å²) in [5.74, 6) is 1.97. The molecule has 0 amide bonds. The van der Waals surface area contributed by atoms with Crippen molar-refractivity contribution in [2.24, 2.45) is 5.92 Å². The number of rotatable bonds is 5. The minimum absolute atomic E-state index is 0.777. The maximum atomic E-state index is 3.54. The Kier molecular flexibility index (Phi) is 6.22. The first-order valence-electron chi connectivity index (χ1n) is 4.70. The highest BCUT2D eigenvalue weighted by Crippen LogP contribution is 2.25. The lowest BCUT2D eigenvalue weighted by Gasteiger charge is -2.10. The molecule has 0 aliphatic heterocycles. The number of hydrogen-bond acceptors (Lipinski definition) is 1. The van der Waals surface area contributed by atoms with E-state index < -0.39 is 0 Å². The normalized spacial score (nSPS) is 12.8. The standard InChI is InChI=1S/C11H14Br2S/c1-2-9(7-12)8-14-11-5-3-4-10(13)6-11/h3-6,9H,2,7-8H2,1H3. The van der Waals surface area contributed by atoms with Gasteiger partial charge in [0, 0.05) is 20.5 Å². The Balaban J connectivity index is 2.44. The van der Waals surface area contributed by atoms with Gasteiger partial charge in [-0.2, -0.15) is 0 Å². The summed E-state index contributed by atoms with van der Waals surface area (Å²) >= 11 is 8.95. The molecule has 0 saturated carbocycles.